The third-order valence-corrected chi connectivity index (χ3v) is 5.51. The first-order valence-electron chi connectivity index (χ1n) is 10.4. The lowest BCUT2D eigenvalue weighted by Crippen LogP contribution is -2.37. The molecule has 3 aromatic rings. The standard InChI is InChI=1S/C26H22N2O5/c1-17(23(29)27(2)20-8-4-3-5-9-20)33-26(32)19-14-12-18(13-15-19)16-28-24(30)21-10-6-7-11-22(21)25(28)31/h3-15,17H,16H2,1-2H3. The summed E-state index contributed by atoms with van der Waals surface area (Å²) in [5.41, 5.74) is 2.43. The zero-order chi connectivity index (χ0) is 23.5. The molecule has 4 rings (SSSR count). The number of para-hydroxylation sites is 1. The molecule has 3 aromatic carbocycles. The van der Waals surface area contributed by atoms with Gasteiger partial charge in [-0.05, 0) is 48.9 Å². The summed E-state index contributed by atoms with van der Waals surface area (Å²) in [6.45, 7) is 1.62. The number of nitrogens with zero attached hydrogens (tertiary/aromatic N) is 2. The minimum Gasteiger partial charge on any atom is -0.449 e. The summed E-state index contributed by atoms with van der Waals surface area (Å²) < 4.78 is 5.34. The number of carbonyl (C=O) groups is 4. The van der Waals surface area contributed by atoms with Gasteiger partial charge in [0.15, 0.2) is 6.10 Å². The van der Waals surface area contributed by atoms with Crippen molar-refractivity contribution in [3.63, 3.8) is 0 Å². The predicted molar refractivity (Wildman–Crippen MR) is 122 cm³/mol. The van der Waals surface area contributed by atoms with Crippen molar-refractivity contribution in [1.82, 2.24) is 4.90 Å². The highest BCUT2D eigenvalue weighted by atomic mass is 16.5. The number of amides is 3. The molecule has 0 aromatic heterocycles. The lowest BCUT2D eigenvalue weighted by atomic mass is 10.1. The van der Waals surface area contributed by atoms with Gasteiger partial charge in [-0.25, -0.2) is 4.79 Å². The van der Waals surface area contributed by atoms with Crippen LogP contribution in [0, 0.1) is 0 Å². The van der Waals surface area contributed by atoms with E-state index < -0.39 is 12.1 Å². The number of imide groups is 1. The number of rotatable bonds is 6. The number of fused-ring (bicyclic) bond motifs is 1. The lowest BCUT2D eigenvalue weighted by Gasteiger charge is -2.21. The molecule has 0 saturated carbocycles. The summed E-state index contributed by atoms with van der Waals surface area (Å²) in [5.74, 6) is -1.66. The van der Waals surface area contributed by atoms with Crippen LogP contribution in [0.15, 0.2) is 78.9 Å². The van der Waals surface area contributed by atoms with Gasteiger partial charge in [0, 0.05) is 12.7 Å². The first kappa shape index (κ1) is 22.0. The average Bonchev–Trinajstić information content (AvgIpc) is 3.09. The molecular weight excluding hydrogens is 420 g/mol. The number of benzene rings is 3. The van der Waals surface area contributed by atoms with E-state index in [0.717, 1.165) is 0 Å². The predicted octanol–water partition coefficient (Wildman–Crippen LogP) is 3.69. The average molecular weight is 442 g/mol. The van der Waals surface area contributed by atoms with Crippen LogP contribution in [0.4, 0.5) is 5.69 Å². The summed E-state index contributed by atoms with van der Waals surface area (Å²) in [5, 5.41) is 0. The molecule has 0 aliphatic carbocycles. The fourth-order valence-corrected chi connectivity index (χ4v) is 3.64. The zero-order valence-electron chi connectivity index (χ0n) is 18.2. The summed E-state index contributed by atoms with van der Waals surface area (Å²) in [6, 6.07) is 22.2. The fraction of sp³-hybridized carbons (Fsp3) is 0.154. The molecule has 0 radical (unpaired) electrons. The molecule has 0 fully saturated rings. The Morgan fingerprint density at radius 2 is 1.39 bits per heavy atom. The maximum Gasteiger partial charge on any atom is 0.338 e. The Hall–Kier alpha value is -4.26. The summed E-state index contributed by atoms with van der Waals surface area (Å²) >= 11 is 0. The smallest absolute Gasteiger partial charge is 0.338 e. The van der Waals surface area contributed by atoms with Crippen LogP contribution in [0.3, 0.4) is 0 Å². The molecule has 7 heteroatoms. The van der Waals surface area contributed by atoms with Crippen LogP contribution in [-0.4, -0.2) is 41.7 Å². The van der Waals surface area contributed by atoms with Gasteiger partial charge in [0.1, 0.15) is 0 Å². The molecule has 0 N–H and O–H groups in total. The molecule has 0 spiro atoms. The number of likely N-dealkylation sites (N-methyl/N-ethyl adjacent to an activating group) is 1. The number of hydrogen-bond acceptors (Lipinski definition) is 5. The van der Waals surface area contributed by atoms with Crippen molar-refractivity contribution in [3.05, 3.63) is 101 Å². The highest BCUT2D eigenvalue weighted by molar-refractivity contribution is 6.21. The maximum absolute atomic E-state index is 12.6. The summed E-state index contributed by atoms with van der Waals surface area (Å²) in [6.07, 6.45) is -0.972. The summed E-state index contributed by atoms with van der Waals surface area (Å²) in [4.78, 5) is 52.8. The van der Waals surface area contributed by atoms with Crippen LogP contribution in [0.1, 0.15) is 43.6 Å². The second kappa shape index (κ2) is 9.08. The highest BCUT2D eigenvalue weighted by Crippen LogP contribution is 2.24. The van der Waals surface area contributed by atoms with E-state index >= 15 is 0 Å². The Kier molecular flexibility index (Phi) is 6.04. The van der Waals surface area contributed by atoms with E-state index in [1.54, 1.807) is 67.7 Å². The number of hydrogen-bond donors (Lipinski definition) is 0. The van der Waals surface area contributed by atoms with Crippen LogP contribution in [0.2, 0.25) is 0 Å². The fourth-order valence-electron chi connectivity index (χ4n) is 3.64. The van der Waals surface area contributed by atoms with Crippen molar-refractivity contribution < 1.29 is 23.9 Å². The van der Waals surface area contributed by atoms with E-state index in [2.05, 4.69) is 0 Å². The molecule has 1 heterocycles. The van der Waals surface area contributed by atoms with Crippen LogP contribution in [0.5, 0.6) is 0 Å². The lowest BCUT2D eigenvalue weighted by molar-refractivity contribution is -0.126. The van der Waals surface area contributed by atoms with Gasteiger partial charge in [0.05, 0.1) is 23.2 Å². The summed E-state index contributed by atoms with van der Waals surface area (Å²) in [7, 11) is 1.62. The number of carbonyl (C=O) groups excluding carboxylic acids is 4. The number of anilines is 1. The molecule has 3 amide bonds. The van der Waals surface area contributed by atoms with Crippen molar-refractivity contribution in [2.45, 2.75) is 19.6 Å². The van der Waals surface area contributed by atoms with Gasteiger partial charge in [-0.15, -0.1) is 0 Å². The molecule has 33 heavy (non-hydrogen) atoms. The van der Waals surface area contributed by atoms with E-state index in [1.165, 1.54) is 16.7 Å². The normalized spacial score (nSPS) is 13.5. The first-order chi connectivity index (χ1) is 15.9. The molecule has 166 valence electrons. The molecule has 0 saturated heterocycles. The van der Waals surface area contributed by atoms with Crippen LogP contribution >= 0.6 is 0 Å². The highest BCUT2D eigenvalue weighted by Gasteiger charge is 2.35. The van der Waals surface area contributed by atoms with Crippen LogP contribution < -0.4 is 4.90 Å². The van der Waals surface area contributed by atoms with Crippen molar-refractivity contribution in [2.75, 3.05) is 11.9 Å². The van der Waals surface area contributed by atoms with Gasteiger partial charge in [-0.1, -0.05) is 42.5 Å². The minimum absolute atomic E-state index is 0.0957. The number of ether oxygens (including phenoxy) is 1. The van der Waals surface area contributed by atoms with Crippen molar-refractivity contribution in [2.24, 2.45) is 0 Å². The topological polar surface area (TPSA) is 84.0 Å². The molecule has 1 atom stereocenters. The van der Waals surface area contributed by atoms with Crippen molar-refractivity contribution in [1.29, 1.82) is 0 Å². The van der Waals surface area contributed by atoms with Gasteiger partial charge in [-0.2, -0.15) is 0 Å². The Balaban J connectivity index is 1.38. The van der Waals surface area contributed by atoms with Gasteiger partial charge in [0.2, 0.25) is 0 Å². The van der Waals surface area contributed by atoms with Gasteiger partial charge < -0.3 is 9.64 Å². The van der Waals surface area contributed by atoms with Crippen molar-refractivity contribution in [3.8, 4) is 0 Å². The maximum atomic E-state index is 12.6. The Morgan fingerprint density at radius 3 is 1.97 bits per heavy atom. The monoisotopic (exact) mass is 442 g/mol. The van der Waals surface area contributed by atoms with Crippen molar-refractivity contribution >= 4 is 29.4 Å². The molecule has 7 nitrogen and oxygen atoms in total. The van der Waals surface area contributed by atoms with Gasteiger partial charge >= 0.3 is 5.97 Å². The zero-order valence-corrected chi connectivity index (χ0v) is 18.2. The minimum atomic E-state index is -0.972. The first-order valence-corrected chi connectivity index (χ1v) is 10.4. The quantitative estimate of drug-likeness (QED) is 0.429. The Morgan fingerprint density at radius 1 is 0.848 bits per heavy atom. The van der Waals surface area contributed by atoms with E-state index in [0.29, 0.717) is 22.4 Å². The SMILES string of the molecule is CC(OC(=O)c1ccc(CN2C(=O)c3ccccc3C2=O)cc1)C(=O)N(C)c1ccccc1. The molecule has 1 aliphatic rings. The molecule has 1 unspecified atom stereocenters. The second-order valence-electron chi connectivity index (χ2n) is 7.72. The third-order valence-electron chi connectivity index (χ3n) is 5.51. The number of esters is 1. The van der Waals surface area contributed by atoms with E-state index in [1.807, 2.05) is 18.2 Å². The molecule has 1 aliphatic heterocycles. The largest absolute Gasteiger partial charge is 0.449 e. The molecule has 0 bridgehead atoms. The van der Waals surface area contributed by atoms with Crippen LogP contribution in [-0.2, 0) is 16.1 Å². The van der Waals surface area contributed by atoms with Gasteiger partial charge in [-0.3, -0.25) is 19.3 Å². The third kappa shape index (κ3) is 4.39. The Bertz CT molecular complexity index is 1190. The van der Waals surface area contributed by atoms with E-state index in [9.17, 15) is 19.2 Å². The van der Waals surface area contributed by atoms with E-state index in [4.69, 9.17) is 4.74 Å². The molecular formula is C26H22N2O5. The van der Waals surface area contributed by atoms with Gasteiger partial charge in [0.25, 0.3) is 17.7 Å². The van der Waals surface area contributed by atoms with E-state index in [-0.39, 0.29) is 29.8 Å². The van der Waals surface area contributed by atoms with Crippen LogP contribution in [0.25, 0.3) is 0 Å². The Labute approximate surface area is 191 Å². The second-order valence-corrected chi connectivity index (χ2v) is 7.72.